The Hall–Kier alpha value is -3.79. The molecule has 4 nitrogen and oxygen atoms in total. The van der Waals surface area contributed by atoms with Gasteiger partial charge in [-0.25, -0.2) is 0 Å². The molecule has 0 saturated heterocycles. The summed E-state index contributed by atoms with van der Waals surface area (Å²) >= 11 is 0. The van der Waals surface area contributed by atoms with Gasteiger partial charge in [-0.3, -0.25) is 4.79 Å². The molecular formula is C29H29NO3. The molecule has 0 saturated carbocycles. The first-order valence-corrected chi connectivity index (χ1v) is 11.3. The summed E-state index contributed by atoms with van der Waals surface area (Å²) in [6.45, 7) is 8.50. The molecule has 0 unspecified atom stereocenters. The first-order chi connectivity index (χ1) is 16.0. The molecule has 0 radical (unpaired) electrons. The smallest absolute Gasteiger partial charge is 0.248 e. The second kappa shape index (κ2) is 9.78. The van der Waals surface area contributed by atoms with E-state index in [2.05, 4.69) is 30.4 Å². The summed E-state index contributed by atoms with van der Waals surface area (Å²) < 4.78 is 12.0. The fourth-order valence-corrected chi connectivity index (χ4v) is 4.17. The van der Waals surface area contributed by atoms with Crippen molar-refractivity contribution in [3.05, 3.63) is 89.7 Å². The summed E-state index contributed by atoms with van der Waals surface area (Å²) in [5.74, 6) is 0.582. The number of carbonyl (C=O) groups excluding carboxylic acids is 1. The number of furan rings is 1. The van der Waals surface area contributed by atoms with Gasteiger partial charge in [0.2, 0.25) is 5.91 Å². The fraction of sp³-hybridized carbons (Fsp3) is 0.207. The molecule has 1 aromatic heterocycles. The van der Waals surface area contributed by atoms with Crippen molar-refractivity contribution in [1.82, 2.24) is 0 Å². The van der Waals surface area contributed by atoms with Crippen LogP contribution in [-0.2, 0) is 11.2 Å². The Morgan fingerprint density at radius 2 is 1.79 bits per heavy atom. The maximum Gasteiger partial charge on any atom is 0.248 e. The molecule has 0 spiro atoms. The van der Waals surface area contributed by atoms with Crippen LogP contribution in [0.1, 0.15) is 37.5 Å². The molecule has 1 N–H and O–H groups in total. The molecule has 0 bridgehead atoms. The number of fused-ring (bicyclic) bond motifs is 1. The Bertz CT molecular complexity index is 1320. The summed E-state index contributed by atoms with van der Waals surface area (Å²) in [5, 5.41) is 4.02. The summed E-state index contributed by atoms with van der Waals surface area (Å²) in [6, 6.07) is 20.1. The number of nitrogens with one attached hydrogen (secondary N) is 1. The normalized spacial score (nSPS) is 11.6. The van der Waals surface area contributed by atoms with Gasteiger partial charge in [-0.05, 0) is 56.0 Å². The van der Waals surface area contributed by atoms with E-state index < -0.39 is 0 Å². The Labute approximate surface area is 194 Å². The van der Waals surface area contributed by atoms with Crippen LogP contribution in [0.5, 0.6) is 5.75 Å². The summed E-state index contributed by atoms with van der Waals surface area (Å²) in [4.78, 5) is 12.9. The van der Waals surface area contributed by atoms with Crippen LogP contribution in [0.3, 0.4) is 0 Å². The van der Waals surface area contributed by atoms with E-state index in [9.17, 15) is 4.79 Å². The zero-order valence-electron chi connectivity index (χ0n) is 19.6. The molecular weight excluding hydrogens is 410 g/mol. The quantitative estimate of drug-likeness (QED) is 0.305. The molecule has 4 heteroatoms. The van der Waals surface area contributed by atoms with Crippen LogP contribution in [0.15, 0.2) is 77.4 Å². The van der Waals surface area contributed by atoms with Gasteiger partial charge >= 0.3 is 0 Å². The Balaban J connectivity index is 1.77. The second-order valence-corrected chi connectivity index (χ2v) is 8.03. The molecule has 3 aromatic carbocycles. The number of para-hydroxylation sites is 1. The van der Waals surface area contributed by atoms with Crippen molar-refractivity contribution in [3.63, 3.8) is 0 Å². The van der Waals surface area contributed by atoms with Gasteiger partial charge in [-0.2, -0.15) is 0 Å². The second-order valence-electron chi connectivity index (χ2n) is 8.03. The maximum atomic E-state index is 12.9. The number of amides is 1. The maximum absolute atomic E-state index is 12.9. The molecule has 0 aliphatic rings. The number of hydrogen-bond donors (Lipinski definition) is 1. The van der Waals surface area contributed by atoms with Crippen molar-refractivity contribution in [2.45, 2.75) is 34.1 Å². The van der Waals surface area contributed by atoms with Crippen LogP contribution in [0, 0.1) is 6.92 Å². The Kier molecular flexibility index (Phi) is 6.64. The van der Waals surface area contributed by atoms with Gasteiger partial charge in [0.25, 0.3) is 0 Å². The Morgan fingerprint density at radius 3 is 2.52 bits per heavy atom. The van der Waals surface area contributed by atoms with Crippen LogP contribution in [-0.4, -0.2) is 12.5 Å². The number of aryl methyl sites for hydroxylation is 2. The fourth-order valence-electron chi connectivity index (χ4n) is 4.17. The van der Waals surface area contributed by atoms with Crippen molar-refractivity contribution >= 4 is 28.1 Å². The molecule has 0 fully saturated rings. The molecule has 1 amide bonds. The van der Waals surface area contributed by atoms with E-state index in [0.29, 0.717) is 6.61 Å². The van der Waals surface area contributed by atoms with Crippen molar-refractivity contribution in [2.75, 3.05) is 11.9 Å². The van der Waals surface area contributed by atoms with Gasteiger partial charge in [0.1, 0.15) is 11.3 Å². The summed E-state index contributed by atoms with van der Waals surface area (Å²) in [6.07, 6.45) is 4.28. The van der Waals surface area contributed by atoms with E-state index in [1.165, 1.54) is 0 Å². The predicted octanol–water partition coefficient (Wildman–Crippen LogP) is 7.41. The zero-order chi connectivity index (χ0) is 23.4. The van der Waals surface area contributed by atoms with Crippen molar-refractivity contribution in [2.24, 2.45) is 0 Å². The van der Waals surface area contributed by atoms with Gasteiger partial charge < -0.3 is 14.5 Å². The number of rotatable bonds is 7. The zero-order valence-corrected chi connectivity index (χ0v) is 19.6. The minimum atomic E-state index is -0.163. The molecule has 4 aromatic rings. The highest BCUT2D eigenvalue weighted by Gasteiger charge is 2.19. The van der Waals surface area contributed by atoms with E-state index in [4.69, 9.17) is 9.15 Å². The van der Waals surface area contributed by atoms with Gasteiger partial charge in [0.05, 0.1) is 12.9 Å². The molecule has 1 heterocycles. The van der Waals surface area contributed by atoms with Crippen LogP contribution in [0.4, 0.5) is 5.69 Å². The van der Waals surface area contributed by atoms with Crippen molar-refractivity contribution in [3.8, 4) is 16.9 Å². The topological polar surface area (TPSA) is 51.5 Å². The third-order valence-electron chi connectivity index (χ3n) is 5.85. The van der Waals surface area contributed by atoms with Crippen LogP contribution in [0.2, 0.25) is 0 Å². The van der Waals surface area contributed by atoms with Crippen LogP contribution >= 0.6 is 0 Å². The molecule has 33 heavy (non-hydrogen) atoms. The highest BCUT2D eigenvalue weighted by Crippen LogP contribution is 2.40. The van der Waals surface area contributed by atoms with Gasteiger partial charge in [-0.1, -0.05) is 55.5 Å². The highest BCUT2D eigenvalue weighted by molar-refractivity contribution is 6.06. The van der Waals surface area contributed by atoms with Gasteiger partial charge in [0.15, 0.2) is 0 Å². The minimum absolute atomic E-state index is 0.163. The third kappa shape index (κ3) is 4.56. The number of anilines is 1. The minimum Gasteiger partial charge on any atom is -0.493 e. The number of ether oxygens (including phenoxy) is 1. The standard InChI is InChI=1S/C29H29NO3/c1-5-21-12-10-11-15-26(21)30-27(31)16-19(3)23-17-24-25(22-13-8-7-9-14-22)18-33-29(24)20(4)28(23)32-6-2/h7-18H,5-6H2,1-4H3,(H,30,31)/b19-16+. The SMILES string of the molecule is CCOc1c(/C(C)=C/C(=O)Nc2ccccc2CC)cc2c(-c3ccccc3)coc2c1C. The monoisotopic (exact) mass is 439 g/mol. The molecule has 0 aliphatic carbocycles. The average Bonchev–Trinajstić information content (AvgIpc) is 3.26. The number of benzene rings is 3. The molecule has 168 valence electrons. The lowest BCUT2D eigenvalue weighted by Gasteiger charge is -2.15. The first kappa shape index (κ1) is 22.4. The molecule has 4 rings (SSSR count). The summed E-state index contributed by atoms with van der Waals surface area (Å²) in [7, 11) is 0. The number of allylic oxidation sites excluding steroid dienone is 1. The van der Waals surface area contributed by atoms with E-state index in [1.54, 1.807) is 12.3 Å². The lowest BCUT2D eigenvalue weighted by Crippen LogP contribution is -2.10. The van der Waals surface area contributed by atoms with Gasteiger partial charge in [-0.15, -0.1) is 0 Å². The van der Waals surface area contributed by atoms with E-state index in [0.717, 1.165) is 62.2 Å². The number of hydrogen-bond acceptors (Lipinski definition) is 3. The first-order valence-electron chi connectivity index (χ1n) is 11.3. The van der Waals surface area contributed by atoms with Gasteiger partial charge in [0, 0.05) is 33.8 Å². The lowest BCUT2D eigenvalue weighted by atomic mass is 9.96. The average molecular weight is 440 g/mol. The van der Waals surface area contributed by atoms with E-state index >= 15 is 0 Å². The molecule has 0 aliphatic heterocycles. The van der Waals surface area contributed by atoms with E-state index in [1.807, 2.05) is 63.2 Å². The van der Waals surface area contributed by atoms with Crippen molar-refractivity contribution < 1.29 is 13.9 Å². The lowest BCUT2D eigenvalue weighted by molar-refractivity contribution is -0.111. The number of carbonyl (C=O) groups is 1. The third-order valence-corrected chi connectivity index (χ3v) is 5.85. The highest BCUT2D eigenvalue weighted by atomic mass is 16.5. The summed E-state index contributed by atoms with van der Waals surface area (Å²) in [5.41, 5.74) is 7.50. The van der Waals surface area contributed by atoms with E-state index in [-0.39, 0.29) is 5.91 Å². The van der Waals surface area contributed by atoms with Crippen LogP contribution < -0.4 is 10.1 Å². The molecule has 0 atom stereocenters. The Morgan fingerprint density at radius 1 is 1.06 bits per heavy atom. The predicted molar refractivity (Wildman–Crippen MR) is 136 cm³/mol. The van der Waals surface area contributed by atoms with Crippen molar-refractivity contribution in [1.29, 1.82) is 0 Å². The van der Waals surface area contributed by atoms with Crippen LogP contribution in [0.25, 0.3) is 27.7 Å². The largest absolute Gasteiger partial charge is 0.493 e.